The first-order valence-corrected chi connectivity index (χ1v) is 7.31. The second-order valence-corrected chi connectivity index (χ2v) is 5.75. The van der Waals surface area contributed by atoms with Crippen molar-refractivity contribution in [2.75, 3.05) is 25.4 Å². The summed E-state index contributed by atoms with van der Waals surface area (Å²) in [5.41, 5.74) is 0. The zero-order chi connectivity index (χ0) is 12.6. The Morgan fingerprint density at radius 2 is 1.88 bits per heavy atom. The third-order valence-corrected chi connectivity index (χ3v) is 3.71. The van der Waals surface area contributed by atoms with Gasteiger partial charge in [0.25, 0.3) is 0 Å². The summed E-state index contributed by atoms with van der Waals surface area (Å²) in [7, 11) is -3.15. The van der Waals surface area contributed by atoms with E-state index < -0.39 is 10.0 Å². The van der Waals surface area contributed by atoms with E-state index in [4.69, 9.17) is 0 Å². The topological polar surface area (TPSA) is 66.5 Å². The molecule has 1 N–H and O–H groups in total. The Balaban J connectivity index is 3.98. The van der Waals surface area contributed by atoms with Crippen LogP contribution in [0.3, 0.4) is 0 Å². The third kappa shape index (κ3) is 6.79. The first kappa shape index (κ1) is 15.4. The second-order valence-electron chi connectivity index (χ2n) is 3.66. The number of unbranched alkanes of at least 4 members (excludes halogenated alkanes) is 1. The molecule has 1 amide bonds. The van der Waals surface area contributed by atoms with Crippen molar-refractivity contribution in [3.8, 4) is 0 Å². The fourth-order valence-corrected chi connectivity index (χ4v) is 1.82. The molecule has 0 atom stereocenters. The van der Waals surface area contributed by atoms with Gasteiger partial charge in [-0.3, -0.25) is 4.79 Å². The molecule has 0 saturated carbocycles. The zero-order valence-corrected chi connectivity index (χ0v) is 11.1. The standard InChI is InChI=1S/C10H22N2O3S/c1-4-6-8-12(10(3)13)9-7-11-16(14,15)5-2/h11H,4-9H2,1-3H3. The monoisotopic (exact) mass is 250 g/mol. The van der Waals surface area contributed by atoms with Crippen LogP contribution in [0.15, 0.2) is 0 Å². The van der Waals surface area contributed by atoms with Gasteiger partial charge in [0, 0.05) is 26.6 Å². The average Bonchev–Trinajstić information content (AvgIpc) is 2.22. The van der Waals surface area contributed by atoms with E-state index >= 15 is 0 Å². The Kier molecular flexibility index (Phi) is 7.33. The van der Waals surface area contributed by atoms with Gasteiger partial charge in [0.1, 0.15) is 0 Å². The Bertz CT molecular complexity index is 301. The Morgan fingerprint density at radius 3 is 2.31 bits per heavy atom. The molecule has 0 aliphatic rings. The largest absolute Gasteiger partial charge is 0.342 e. The minimum absolute atomic E-state index is 0.0100. The maximum absolute atomic E-state index is 11.2. The number of sulfonamides is 1. The van der Waals surface area contributed by atoms with E-state index in [-0.39, 0.29) is 11.7 Å². The predicted molar refractivity (Wildman–Crippen MR) is 64.6 cm³/mol. The molecule has 16 heavy (non-hydrogen) atoms. The number of amides is 1. The van der Waals surface area contributed by atoms with Crippen LogP contribution in [0.5, 0.6) is 0 Å². The van der Waals surface area contributed by atoms with Crippen LogP contribution in [0.1, 0.15) is 33.6 Å². The molecule has 0 spiro atoms. The Hall–Kier alpha value is -0.620. The summed E-state index contributed by atoms with van der Waals surface area (Å²) in [6, 6.07) is 0. The van der Waals surface area contributed by atoms with Gasteiger partial charge in [-0.2, -0.15) is 0 Å². The van der Waals surface area contributed by atoms with E-state index in [9.17, 15) is 13.2 Å². The van der Waals surface area contributed by atoms with E-state index in [1.165, 1.54) is 6.92 Å². The number of nitrogens with zero attached hydrogens (tertiary/aromatic N) is 1. The number of carbonyl (C=O) groups is 1. The van der Waals surface area contributed by atoms with Gasteiger partial charge in [-0.15, -0.1) is 0 Å². The predicted octanol–water partition coefficient (Wildman–Crippen LogP) is 0.574. The van der Waals surface area contributed by atoms with Crippen molar-refractivity contribution < 1.29 is 13.2 Å². The van der Waals surface area contributed by atoms with Crippen LogP contribution >= 0.6 is 0 Å². The van der Waals surface area contributed by atoms with Crippen molar-refractivity contribution in [1.82, 2.24) is 9.62 Å². The van der Waals surface area contributed by atoms with Crippen LogP contribution in [-0.4, -0.2) is 44.6 Å². The number of nitrogens with one attached hydrogen (secondary N) is 1. The summed E-state index contributed by atoms with van der Waals surface area (Å²) >= 11 is 0. The van der Waals surface area contributed by atoms with Crippen LogP contribution in [0.2, 0.25) is 0 Å². The van der Waals surface area contributed by atoms with Gasteiger partial charge in [0.05, 0.1) is 5.75 Å². The van der Waals surface area contributed by atoms with E-state index in [2.05, 4.69) is 11.6 Å². The smallest absolute Gasteiger partial charge is 0.219 e. The highest BCUT2D eigenvalue weighted by atomic mass is 32.2. The minimum Gasteiger partial charge on any atom is -0.342 e. The Morgan fingerprint density at radius 1 is 1.25 bits per heavy atom. The van der Waals surface area contributed by atoms with Crippen LogP contribution in [0.4, 0.5) is 0 Å². The molecule has 0 unspecified atom stereocenters. The molecule has 0 aromatic rings. The molecule has 5 nitrogen and oxygen atoms in total. The van der Waals surface area contributed by atoms with Gasteiger partial charge in [-0.05, 0) is 13.3 Å². The normalized spacial score (nSPS) is 11.4. The first-order valence-electron chi connectivity index (χ1n) is 5.65. The van der Waals surface area contributed by atoms with Gasteiger partial charge < -0.3 is 4.90 Å². The molecule has 0 aliphatic heterocycles. The lowest BCUT2D eigenvalue weighted by Gasteiger charge is -2.20. The lowest BCUT2D eigenvalue weighted by molar-refractivity contribution is -0.128. The molecule has 0 rings (SSSR count). The minimum atomic E-state index is -3.15. The number of hydrogen-bond donors (Lipinski definition) is 1. The Labute approximate surface area is 98.3 Å². The van der Waals surface area contributed by atoms with E-state index in [1.54, 1.807) is 11.8 Å². The molecule has 0 aromatic carbocycles. The van der Waals surface area contributed by atoms with E-state index in [1.807, 2.05) is 0 Å². The van der Waals surface area contributed by atoms with Crippen molar-refractivity contribution in [3.05, 3.63) is 0 Å². The summed E-state index contributed by atoms with van der Waals surface area (Å²) in [5, 5.41) is 0. The van der Waals surface area contributed by atoms with Crippen molar-refractivity contribution >= 4 is 15.9 Å². The summed E-state index contributed by atoms with van der Waals surface area (Å²) in [6.45, 7) is 6.57. The van der Waals surface area contributed by atoms with Crippen LogP contribution in [0.25, 0.3) is 0 Å². The van der Waals surface area contributed by atoms with Crippen LogP contribution in [-0.2, 0) is 14.8 Å². The number of hydrogen-bond acceptors (Lipinski definition) is 3. The number of rotatable bonds is 8. The van der Waals surface area contributed by atoms with Crippen molar-refractivity contribution in [2.45, 2.75) is 33.6 Å². The summed E-state index contributed by atoms with van der Waals surface area (Å²) in [6.07, 6.45) is 1.96. The average molecular weight is 250 g/mol. The highest BCUT2D eigenvalue weighted by molar-refractivity contribution is 7.89. The maximum Gasteiger partial charge on any atom is 0.219 e. The van der Waals surface area contributed by atoms with Gasteiger partial charge in [-0.1, -0.05) is 13.3 Å². The lowest BCUT2D eigenvalue weighted by Crippen LogP contribution is -2.38. The van der Waals surface area contributed by atoms with Gasteiger partial charge in [0.15, 0.2) is 0 Å². The molecule has 96 valence electrons. The molecule has 0 saturated heterocycles. The molecule has 0 fully saturated rings. The van der Waals surface area contributed by atoms with Crippen molar-refractivity contribution in [1.29, 1.82) is 0 Å². The molecule has 6 heteroatoms. The van der Waals surface area contributed by atoms with Crippen LogP contribution < -0.4 is 4.72 Å². The summed E-state index contributed by atoms with van der Waals surface area (Å²) < 4.78 is 24.7. The molecule has 0 bridgehead atoms. The maximum atomic E-state index is 11.2. The SMILES string of the molecule is CCCCN(CCNS(=O)(=O)CC)C(C)=O. The van der Waals surface area contributed by atoms with Crippen molar-refractivity contribution in [3.63, 3.8) is 0 Å². The van der Waals surface area contributed by atoms with E-state index in [0.717, 1.165) is 12.8 Å². The summed E-state index contributed by atoms with van der Waals surface area (Å²) in [5.74, 6) is 0.0614. The lowest BCUT2D eigenvalue weighted by atomic mass is 10.3. The molecule has 0 aromatic heterocycles. The van der Waals surface area contributed by atoms with Crippen molar-refractivity contribution in [2.24, 2.45) is 0 Å². The highest BCUT2D eigenvalue weighted by Crippen LogP contribution is 1.95. The third-order valence-electron chi connectivity index (χ3n) is 2.31. The zero-order valence-electron chi connectivity index (χ0n) is 10.3. The molecule has 0 heterocycles. The van der Waals surface area contributed by atoms with Gasteiger partial charge in [-0.25, -0.2) is 13.1 Å². The second kappa shape index (κ2) is 7.62. The van der Waals surface area contributed by atoms with Crippen LogP contribution in [0, 0.1) is 0 Å². The highest BCUT2D eigenvalue weighted by Gasteiger charge is 2.10. The molecule has 0 radical (unpaired) electrons. The molecule has 0 aliphatic carbocycles. The summed E-state index contributed by atoms with van der Waals surface area (Å²) in [4.78, 5) is 12.9. The van der Waals surface area contributed by atoms with Gasteiger partial charge >= 0.3 is 0 Å². The quantitative estimate of drug-likeness (QED) is 0.685. The fraction of sp³-hybridized carbons (Fsp3) is 0.900. The molecular weight excluding hydrogens is 228 g/mol. The first-order chi connectivity index (χ1) is 7.43. The van der Waals surface area contributed by atoms with Gasteiger partial charge in [0.2, 0.25) is 15.9 Å². The fourth-order valence-electron chi connectivity index (χ4n) is 1.21. The number of carbonyl (C=O) groups excluding carboxylic acids is 1. The molecular formula is C10H22N2O3S. The van der Waals surface area contributed by atoms with E-state index in [0.29, 0.717) is 19.6 Å².